The molecular weight excluding hydrogens is 304 g/mol. The van der Waals surface area contributed by atoms with Crippen LogP contribution in [0.4, 0.5) is 0 Å². The minimum absolute atomic E-state index is 0. The van der Waals surface area contributed by atoms with Crippen molar-refractivity contribution in [1.29, 1.82) is 0 Å². The first-order chi connectivity index (χ1) is 10.1. The molecule has 0 bridgehead atoms. The smallest absolute Gasteiger partial charge is 0.277 e. The van der Waals surface area contributed by atoms with Gasteiger partial charge >= 0.3 is 0 Å². The van der Waals surface area contributed by atoms with Crippen LogP contribution in [-0.4, -0.2) is 28.7 Å². The molecule has 1 heterocycles. The number of H-pyrrole nitrogens is 1. The Kier molecular flexibility index (Phi) is 9.69. The van der Waals surface area contributed by atoms with Gasteiger partial charge in [0.2, 0.25) is 0 Å². The summed E-state index contributed by atoms with van der Waals surface area (Å²) in [5.74, 6) is -0.350. The van der Waals surface area contributed by atoms with Gasteiger partial charge < -0.3 is 11.1 Å². The normalized spacial score (nSPS) is 11.6. The maximum Gasteiger partial charge on any atom is 0.277 e. The zero-order chi connectivity index (χ0) is 15.8. The van der Waals surface area contributed by atoms with Crippen molar-refractivity contribution in [2.75, 3.05) is 6.54 Å². The molecule has 1 unspecified atom stereocenters. The Morgan fingerprint density at radius 1 is 1.32 bits per heavy atom. The van der Waals surface area contributed by atoms with Crippen LogP contribution in [0.3, 0.4) is 0 Å². The molecule has 0 fully saturated rings. The Hall–Kier alpha value is -1.40. The van der Waals surface area contributed by atoms with Gasteiger partial charge in [-0.05, 0) is 24.8 Å². The first-order valence-electron chi connectivity index (χ1n) is 7.70. The molecule has 1 atom stereocenters. The monoisotopic (exact) mass is 330 g/mol. The molecule has 0 saturated heterocycles. The van der Waals surface area contributed by atoms with Crippen LogP contribution in [0.2, 0.25) is 0 Å². The number of aryl methyl sites for hydroxylation is 1. The van der Waals surface area contributed by atoms with Crippen molar-refractivity contribution in [3.8, 4) is 0 Å². The molecule has 0 spiro atoms. The first-order valence-corrected chi connectivity index (χ1v) is 7.70. The van der Waals surface area contributed by atoms with Gasteiger partial charge in [-0.15, -0.1) is 12.4 Å². The van der Waals surface area contributed by atoms with Crippen molar-refractivity contribution >= 4 is 18.3 Å². The van der Waals surface area contributed by atoms with Gasteiger partial charge in [-0.2, -0.15) is 5.10 Å². The predicted molar refractivity (Wildman–Crippen MR) is 90.7 cm³/mol. The van der Waals surface area contributed by atoms with E-state index in [9.17, 15) is 9.59 Å². The Labute approximate surface area is 137 Å². The molecule has 0 aliphatic carbocycles. The molecule has 0 aromatic carbocycles. The topological polar surface area (TPSA) is 101 Å². The molecule has 0 saturated carbocycles. The summed E-state index contributed by atoms with van der Waals surface area (Å²) in [6.07, 6.45) is 4.14. The molecule has 4 N–H and O–H groups in total. The third-order valence-corrected chi connectivity index (χ3v) is 3.61. The van der Waals surface area contributed by atoms with Crippen molar-refractivity contribution in [1.82, 2.24) is 15.5 Å². The fraction of sp³-hybridized carbons (Fsp3) is 0.667. The second-order valence-electron chi connectivity index (χ2n) is 5.11. The molecule has 0 aliphatic rings. The fourth-order valence-electron chi connectivity index (χ4n) is 2.39. The molecular formula is C15H27ClN4O2. The summed E-state index contributed by atoms with van der Waals surface area (Å²) in [5.41, 5.74) is 6.93. The summed E-state index contributed by atoms with van der Waals surface area (Å²) in [4.78, 5) is 24.4. The SMILES string of the molecule is CCCCC(CN)NC(=O)c1c(CC)c(CC)n[nH]c1=O.Cl. The number of carbonyl (C=O) groups is 1. The number of aromatic nitrogens is 2. The van der Waals surface area contributed by atoms with E-state index in [0.29, 0.717) is 19.4 Å². The molecule has 6 nitrogen and oxygen atoms in total. The molecule has 1 aromatic heterocycles. The zero-order valence-electron chi connectivity index (χ0n) is 13.6. The van der Waals surface area contributed by atoms with Gasteiger partial charge in [-0.25, -0.2) is 5.10 Å². The second-order valence-corrected chi connectivity index (χ2v) is 5.11. The predicted octanol–water partition coefficient (Wildman–Crippen LogP) is 1.56. The number of amides is 1. The van der Waals surface area contributed by atoms with E-state index < -0.39 is 5.56 Å². The van der Waals surface area contributed by atoms with Crippen LogP contribution >= 0.6 is 12.4 Å². The van der Waals surface area contributed by atoms with E-state index in [4.69, 9.17) is 5.73 Å². The van der Waals surface area contributed by atoms with E-state index in [1.54, 1.807) is 0 Å². The van der Waals surface area contributed by atoms with E-state index in [-0.39, 0.29) is 29.9 Å². The lowest BCUT2D eigenvalue weighted by molar-refractivity contribution is 0.0933. The summed E-state index contributed by atoms with van der Waals surface area (Å²) >= 11 is 0. The van der Waals surface area contributed by atoms with Gasteiger partial charge in [0.05, 0.1) is 5.69 Å². The van der Waals surface area contributed by atoms with E-state index >= 15 is 0 Å². The largest absolute Gasteiger partial charge is 0.348 e. The average molecular weight is 331 g/mol. The number of aromatic amines is 1. The van der Waals surface area contributed by atoms with Crippen molar-refractivity contribution in [3.63, 3.8) is 0 Å². The zero-order valence-corrected chi connectivity index (χ0v) is 14.4. The highest BCUT2D eigenvalue weighted by atomic mass is 35.5. The van der Waals surface area contributed by atoms with Gasteiger partial charge in [0, 0.05) is 12.6 Å². The molecule has 22 heavy (non-hydrogen) atoms. The molecule has 7 heteroatoms. The summed E-state index contributed by atoms with van der Waals surface area (Å²) in [6, 6.07) is -0.0974. The highest BCUT2D eigenvalue weighted by molar-refractivity contribution is 5.95. The number of halogens is 1. The van der Waals surface area contributed by atoms with Crippen LogP contribution in [0.25, 0.3) is 0 Å². The van der Waals surface area contributed by atoms with Crippen LogP contribution < -0.4 is 16.6 Å². The lowest BCUT2D eigenvalue weighted by Crippen LogP contribution is -2.42. The minimum atomic E-state index is -0.437. The maximum atomic E-state index is 12.4. The van der Waals surface area contributed by atoms with Gasteiger partial charge in [-0.1, -0.05) is 33.6 Å². The van der Waals surface area contributed by atoms with Crippen molar-refractivity contribution in [2.45, 2.75) is 58.9 Å². The Balaban J connectivity index is 0.00000441. The number of nitrogens with zero attached hydrogens (tertiary/aromatic N) is 1. The number of nitrogens with two attached hydrogens (primary N) is 1. The number of unbranched alkanes of at least 4 members (excludes halogenated alkanes) is 1. The number of carbonyl (C=O) groups excluding carboxylic acids is 1. The van der Waals surface area contributed by atoms with Gasteiger partial charge in [0.15, 0.2) is 0 Å². The lowest BCUT2D eigenvalue weighted by Gasteiger charge is -2.17. The Morgan fingerprint density at radius 3 is 2.50 bits per heavy atom. The highest BCUT2D eigenvalue weighted by Gasteiger charge is 2.20. The molecule has 1 aromatic rings. The molecule has 1 amide bonds. The van der Waals surface area contributed by atoms with Crippen LogP contribution in [0.15, 0.2) is 4.79 Å². The minimum Gasteiger partial charge on any atom is -0.348 e. The Morgan fingerprint density at radius 2 is 2.00 bits per heavy atom. The van der Waals surface area contributed by atoms with Crippen LogP contribution in [0.1, 0.15) is 61.6 Å². The second kappa shape index (κ2) is 10.3. The summed E-state index contributed by atoms with van der Waals surface area (Å²) in [7, 11) is 0. The molecule has 1 rings (SSSR count). The lowest BCUT2D eigenvalue weighted by atomic mass is 10.0. The summed E-state index contributed by atoms with van der Waals surface area (Å²) in [6.45, 7) is 6.33. The van der Waals surface area contributed by atoms with Crippen molar-refractivity contribution in [2.24, 2.45) is 5.73 Å². The van der Waals surface area contributed by atoms with Crippen LogP contribution in [0, 0.1) is 0 Å². The quantitative estimate of drug-likeness (QED) is 0.673. The van der Waals surface area contributed by atoms with Gasteiger partial charge in [-0.3, -0.25) is 9.59 Å². The first kappa shape index (κ1) is 20.6. The molecule has 126 valence electrons. The maximum absolute atomic E-state index is 12.4. The summed E-state index contributed by atoms with van der Waals surface area (Å²) in [5, 5.41) is 9.30. The van der Waals surface area contributed by atoms with E-state index in [1.165, 1.54) is 0 Å². The van der Waals surface area contributed by atoms with Crippen molar-refractivity contribution < 1.29 is 4.79 Å². The van der Waals surface area contributed by atoms with Gasteiger partial charge in [0.25, 0.3) is 11.5 Å². The Bertz CT molecular complexity index is 531. The third kappa shape index (κ3) is 5.10. The van der Waals surface area contributed by atoms with E-state index in [0.717, 1.165) is 30.5 Å². The van der Waals surface area contributed by atoms with Crippen LogP contribution in [-0.2, 0) is 12.8 Å². The van der Waals surface area contributed by atoms with E-state index in [1.807, 2.05) is 13.8 Å². The van der Waals surface area contributed by atoms with Crippen molar-refractivity contribution in [3.05, 3.63) is 27.2 Å². The third-order valence-electron chi connectivity index (χ3n) is 3.61. The number of hydrogen-bond donors (Lipinski definition) is 3. The molecule has 0 aliphatic heterocycles. The number of hydrogen-bond acceptors (Lipinski definition) is 4. The molecule has 0 radical (unpaired) electrons. The standard InChI is InChI=1S/C15H26N4O2.ClH/c1-4-7-8-10(9-16)17-14(20)13-11(5-2)12(6-3)18-19-15(13)21;/h10H,4-9,16H2,1-3H3,(H,17,20)(H,19,21);1H. The average Bonchev–Trinajstić information content (AvgIpc) is 2.50. The van der Waals surface area contributed by atoms with Gasteiger partial charge in [0.1, 0.15) is 5.56 Å². The fourth-order valence-corrected chi connectivity index (χ4v) is 2.39. The van der Waals surface area contributed by atoms with E-state index in [2.05, 4.69) is 22.4 Å². The number of rotatable bonds is 8. The summed E-state index contributed by atoms with van der Waals surface area (Å²) < 4.78 is 0. The van der Waals surface area contributed by atoms with Crippen LogP contribution in [0.5, 0.6) is 0 Å². The number of nitrogens with one attached hydrogen (secondary N) is 2. The highest BCUT2D eigenvalue weighted by Crippen LogP contribution is 2.11.